The minimum atomic E-state index is 0.216. The van der Waals surface area contributed by atoms with Gasteiger partial charge in [0.15, 0.2) is 0 Å². The lowest BCUT2D eigenvalue weighted by Crippen LogP contribution is -2.36. The molecule has 0 spiro atoms. The maximum atomic E-state index is 5.75. The summed E-state index contributed by atoms with van der Waals surface area (Å²) < 4.78 is 5.75. The molecular formula is C17H29NO. The molecule has 19 heavy (non-hydrogen) atoms. The third-order valence-corrected chi connectivity index (χ3v) is 3.04. The second-order valence-corrected chi connectivity index (χ2v) is 6.46. The number of hydrogen-bond donors (Lipinski definition) is 1. The van der Waals surface area contributed by atoms with E-state index >= 15 is 0 Å². The minimum Gasteiger partial charge on any atom is -0.494 e. The zero-order valence-electron chi connectivity index (χ0n) is 13.1. The maximum Gasteiger partial charge on any atom is 0.119 e. The molecule has 0 aliphatic carbocycles. The molecule has 1 N–H and O–H groups in total. The van der Waals surface area contributed by atoms with Crippen molar-refractivity contribution < 1.29 is 4.74 Å². The Bertz CT molecular complexity index is 349. The third-order valence-electron chi connectivity index (χ3n) is 3.04. The number of nitrogens with one attached hydrogen (secondary N) is 1. The Morgan fingerprint density at radius 1 is 1.05 bits per heavy atom. The first-order valence-corrected chi connectivity index (χ1v) is 7.36. The van der Waals surface area contributed by atoms with Crippen LogP contribution in [0, 0.1) is 0 Å². The van der Waals surface area contributed by atoms with Gasteiger partial charge in [-0.25, -0.2) is 0 Å². The smallest absolute Gasteiger partial charge is 0.119 e. The second kappa shape index (κ2) is 7.54. The summed E-state index contributed by atoms with van der Waals surface area (Å²) in [6.45, 7) is 12.8. The van der Waals surface area contributed by atoms with Crippen molar-refractivity contribution in [2.45, 2.75) is 58.9 Å². The van der Waals surface area contributed by atoms with Crippen LogP contribution in [0.4, 0.5) is 0 Å². The Labute approximate surface area is 118 Å². The molecule has 0 aliphatic heterocycles. The van der Waals surface area contributed by atoms with E-state index in [1.807, 2.05) is 0 Å². The predicted molar refractivity (Wildman–Crippen MR) is 83.0 cm³/mol. The summed E-state index contributed by atoms with van der Waals surface area (Å²) in [5.74, 6) is 1.56. The average Bonchev–Trinajstić information content (AvgIpc) is 2.33. The van der Waals surface area contributed by atoms with Gasteiger partial charge in [-0.1, -0.05) is 26.0 Å². The van der Waals surface area contributed by atoms with Crippen LogP contribution in [0.1, 0.15) is 58.9 Å². The number of rotatable bonds is 7. The number of unbranched alkanes of at least 4 members (excludes halogenated alkanes) is 1. The molecule has 0 unspecified atom stereocenters. The van der Waals surface area contributed by atoms with Crippen molar-refractivity contribution in [3.05, 3.63) is 29.8 Å². The van der Waals surface area contributed by atoms with Gasteiger partial charge >= 0.3 is 0 Å². The van der Waals surface area contributed by atoms with Gasteiger partial charge < -0.3 is 10.1 Å². The molecule has 0 saturated carbocycles. The van der Waals surface area contributed by atoms with Crippen LogP contribution in [-0.4, -0.2) is 18.7 Å². The third kappa shape index (κ3) is 7.22. The van der Waals surface area contributed by atoms with Gasteiger partial charge in [0.05, 0.1) is 6.61 Å². The Morgan fingerprint density at radius 2 is 1.68 bits per heavy atom. The van der Waals surface area contributed by atoms with E-state index in [2.05, 4.69) is 64.2 Å². The van der Waals surface area contributed by atoms with Crippen molar-refractivity contribution in [2.24, 2.45) is 0 Å². The van der Waals surface area contributed by atoms with Crippen LogP contribution < -0.4 is 10.1 Å². The SMILES string of the molecule is CC(C)c1ccc(OCCCCNC(C)(C)C)cc1. The Morgan fingerprint density at radius 3 is 2.21 bits per heavy atom. The van der Waals surface area contributed by atoms with E-state index in [1.165, 1.54) is 5.56 Å². The first kappa shape index (κ1) is 16.0. The van der Waals surface area contributed by atoms with Crippen LogP contribution in [-0.2, 0) is 0 Å². The standard InChI is InChI=1S/C17H29NO/c1-14(2)15-8-10-16(11-9-15)19-13-7-6-12-18-17(3,4)5/h8-11,14,18H,6-7,12-13H2,1-5H3. The van der Waals surface area contributed by atoms with Crippen LogP contribution in [0.3, 0.4) is 0 Å². The molecule has 0 heterocycles. The molecule has 1 aromatic carbocycles. The van der Waals surface area contributed by atoms with Crippen molar-refractivity contribution in [3.63, 3.8) is 0 Å². The summed E-state index contributed by atoms with van der Waals surface area (Å²) in [4.78, 5) is 0. The summed E-state index contributed by atoms with van der Waals surface area (Å²) in [6.07, 6.45) is 2.25. The van der Waals surface area contributed by atoms with E-state index in [9.17, 15) is 0 Å². The molecule has 108 valence electrons. The quantitative estimate of drug-likeness (QED) is 0.738. The van der Waals surface area contributed by atoms with E-state index in [0.717, 1.165) is 31.7 Å². The van der Waals surface area contributed by atoms with Crippen molar-refractivity contribution in [3.8, 4) is 5.75 Å². The fourth-order valence-electron chi connectivity index (χ4n) is 1.83. The zero-order chi connectivity index (χ0) is 14.3. The predicted octanol–water partition coefficient (Wildman–Crippen LogP) is 4.36. The first-order chi connectivity index (χ1) is 8.88. The highest BCUT2D eigenvalue weighted by atomic mass is 16.5. The highest BCUT2D eigenvalue weighted by molar-refractivity contribution is 5.28. The van der Waals surface area contributed by atoms with Gasteiger partial charge in [0.25, 0.3) is 0 Å². The van der Waals surface area contributed by atoms with Gasteiger partial charge in [-0.3, -0.25) is 0 Å². The van der Waals surface area contributed by atoms with Gasteiger partial charge in [0.1, 0.15) is 5.75 Å². The van der Waals surface area contributed by atoms with Gasteiger partial charge in [0, 0.05) is 5.54 Å². The molecule has 2 heteroatoms. The molecule has 0 bridgehead atoms. The van der Waals surface area contributed by atoms with Crippen molar-refractivity contribution >= 4 is 0 Å². The molecule has 2 nitrogen and oxygen atoms in total. The fourth-order valence-corrected chi connectivity index (χ4v) is 1.83. The lowest BCUT2D eigenvalue weighted by atomic mass is 10.0. The van der Waals surface area contributed by atoms with Crippen molar-refractivity contribution in [1.82, 2.24) is 5.32 Å². The van der Waals surface area contributed by atoms with Gasteiger partial charge in [0.2, 0.25) is 0 Å². The van der Waals surface area contributed by atoms with Gasteiger partial charge in [-0.2, -0.15) is 0 Å². The topological polar surface area (TPSA) is 21.3 Å². The van der Waals surface area contributed by atoms with E-state index < -0.39 is 0 Å². The van der Waals surface area contributed by atoms with E-state index in [4.69, 9.17) is 4.74 Å². The van der Waals surface area contributed by atoms with Gasteiger partial charge in [-0.15, -0.1) is 0 Å². The molecule has 1 aromatic rings. The van der Waals surface area contributed by atoms with Crippen LogP contribution in [0.15, 0.2) is 24.3 Å². The van der Waals surface area contributed by atoms with Crippen LogP contribution in [0.5, 0.6) is 5.75 Å². The van der Waals surface area contributed by atoms with Crippen LogP contribution >= 0.6 is 0 Å². The molecule has 0 aromatic heterocycles. The minimum absolute atomic E-state index is 0.216. The van der Waals surface area contributed by atoms with Crippen LogP contribution in [0.25, 0.3) is 0 Å². The molecule has 0 radical (unpaired) electrons. The molecule has 0 aliphatic rings. The normalized spacial score (nSPS) is 11.9. The summed E-state index contributed by atoms with van der Waals surface area (Å²) >= 11 is 0. The summed E-state index contributed by atoms with van der Waals surface area (Å²) in [5, 5.41) is 3.48. The maximum absolute atomic E-state index is 5.75. The monoisotopic (exact) mass is 263 g/mol. The highest BCUT2D eigenvalue weighted by Gasteiger charge is 2.06. The van der Waals surface area contributed by atoms with E-state index in [1.54, 1.807) is 0 Å². The van der Waals surface area contributed by atoms with Crippen LogP contribution in [0.2, 0.25) is 0 Å². The highest BCUT2D eigenvalue weighted by Crippen LogP contribution is 2.18. The van der Waals surface area contributed by atoms with Crippen molar-refractivity contribution in [1.29, 1.82) is 0 Å². The lowest BCUT2D eigenvalue weighted by molar-refractivity contribution is 0.301. The number of benzene rings is 1. The molecule has 0 fully saturated rings. The Hall–Kier alpha value is -1.02. The largest absolute Gasteiger partial charge is 0.494 e. The summed E-state index contributed by atoms with van der Waals surface area (Å²) in [5.41, 5.74) is 1.58. The Kier molecular flexibility index (Phi) is 6.36. The summed E-state index contributed by atoms with van der Waals surface area (Å²) in [6, 6.07) is 8.45. The summed E-state index contributed by atoms with van der Waals surface area (Å²) in [7, 11) is 0. The Balaban J connectivity index is 2.16. The molecule has 1 rings (SSSR count). The molecule has 0 atom stereocenters. The number of ether oxygens (including phenoxy) is 1. The zero-order valence-corrected chi connectivity index (χ0v) is 13.1. The molecular weight excluding hydrogens is 234 g/mol. The van der Waals surface area contributed by atoms with E-state index in [0.29, 0.717) is 5.92 Å². The lowest BCUT2D eigenvalue weighted by Gasteiger charge is -2.20. The second-order valence-electron chi connectivity index (χ2n) is 6.46. The molecule has 0 saturated heterocycles. The van der Waals surface area contributed by atoms with Gasteiger partial charge in [-0.05, 0) is 63.8 Å². The average molecular weight is 263 g/mol. The van der Waals surface area contributed by atoms with E-state index in [-0.39, 0.29) is 5.54 Å². The fraction of sp³-hybridized carbons (Fsp3) is 0.647. The van der Waals surface area contributed by atoms with Crippen molar-refractivity contribution in [2.75, 3.05) is 13.2 Å². The first-order valence-electron chi connectivity index (χ1n) is 7.36. The molecule has 0 amide bonds. The number of hydrogen-bond acceptors (Lipinski definition) is 2.